The summed E-state index contributed by atoms with van der Waals surface area (Å²) < 4.78 is 72.0. The number of hydrogen-bond donors (Lipinski definition) is 0. The van der Waals surface area contributed by atoms with Crippen LogP contribution in [-0.4, -0.2) is 37.7 Å². The topological polar surface area (TPSA) is 21.7 Å². The van der Waals surface area contributed by atoms with E-state index in [1.807, 2.05) is 0 Å². The normalized spacial score (nSPS) is 36.3. The summed E-state index contributed by atoms with van der Waals surface area (Å²) in [6.07, 6.45) is 4.12. The second-order valence-electron chi connectivity index (χ2n) is 5.65. The highest BCUT2D eigenvalue weighted by Crippen LogP contribution is 2.45. The molecule has 3 nitrogen and oxygen atoms in total. The molecule has 1 heterocycles. The summed E-state index contributed by atoms with van der Waals surface area (Å²) in [5.41, 5.74) is 0.000139. The number of likely N-dealkylation sites (N-methyl/N-ethyl adjacent to an activating group) is 1. The molecule has 2 fully saturated rings. The second kappa shape index (κ2) is 5.74. The monoisotopic (exact) mass is 283 g/mol. The molecule has 1 aliphatic carbocycles. The van der Waals surface area contributed by atoms with Crippen molar-refractivity contribution in [2.75, 3.05) is 27.2 Å². The zero-order chi connectivity index (χ0) is 20.8. The van der Waals surface area contributed by atoms with E-state index in [1.165, 1.54) is 0 Å². The van der Waals surface area contributed by atoms with Crippen molar-refractivity contribution >= 4 is 0 Å². The summed E-state index contributed by atoms with van der Waals surface area (Å²) in [7, 11) is -2.55. The summed E-state index contributed by atoms with van der Waals surface area (Å²) in [5.74, 6) is -0.153. The van der Waals surface area contributed by atoms with E-state index in [2.05, 4.69) is 0 Å². The van der Waals surface area contributed by atoms with Crippen molar-refractivity contribution in [1.29, 1.82) is 0 Å². The maximum absolute atomic E-state index is 8.21. The highest BCUT2D eigenvalue weighted by Gasteiger charge is 2.44. The smallest absolute Gasteiger partial charge is 0.118 e. The highest BCUT2D eigenvalue weighted by molar-refractivity contribution is 5.32. The predicted octanol–water partition coefficient (Wildman–Crippen LogP) is 3.40. The van der Waals surface area contributed by atoms with Gasteiger partial charge < -0.3 is 9.47 Å². The minimum atomic E-state index is -2.64. The van der Waals surface area contributed by atoms with Gasteiger partial charge >= 0.3 is 0 Å². The van der Waals surface area contributed by atoms with E-state index in [9.17, 15) is 0 Å². The van der Waals surface area contributed by atoms with Gasteiger partial charge in [-0.15, -0.1) is 0 Å². The van der Waals surface area contributed by atoms with E-state index in [1.54, 1.807) is 24.3 Å². The fraction of sp³-hybridized carbons (Fsp3) is 0.647. The van der Waals surface area contributed by atoms with Gasteiger partial charge in [-0.25, -0.2) is 0 Å². The maximum atomic E-state index is 8.21. The minimum absolute atomic E-state index is 0.0109. The standard InChI is InChI=1S/C17H25NO2/c1-18-12-16(14-6-8-15(19-2)9-7-14)17(20-13-18)10-4-3-5-11-17/h6-9,16H,3-5,10-13H2,1-2H3/i1D3,2D3,13D2. The maximum Gasteiger partial charge on any atom is 0.118 e. The van der Waals surface area contributed by atoms with Crippen LogP contribution in [0.25, 0.3) is 0 Å². The molecule has 0 aromatic heterocycles. The lowest BCUT2D eigenvalue weighted by molar-refractivity contribution is -0.161. The van der Waals surface area contributed by atoms with Gasteiger partial charge in [-0.1, -0.05) is 31.4 Å². The molecular formula is C17H25NO2. The van der Waals surface area contributed by atoms with Gasteiger partial charge in [0.05, 0.1) is 26.2 Å². The zero-order valence-electron chi connectivity index (χ0n) is 19.4. The summed E-state index contributed by atoms with van der Waals surface area (Å²) in [5, 5.41) is 0. The number of rotatable bonds is 2. The molecule has 3 rings (SSSR count). The lowest BCUT2D eigenvalue weighted by Gasteiger charge is -2.49. The van der Waals surface area contributed by atoms with Crippen molar-refractivity contribution in [3.8, 4) is 5.75 Å². The molecular weight excluding hydrogens is 250 g/mol. The Morgan fingerprint density at radius 3 is 2.80 bits per heavy atom. The molecule has 0 bridgehead atoms. The molecule has 20 heavy (non-hydrogen) atoms. The first-order valence-electron chi connectivity index (χ1n) is 11.1. The van der Waals surface area contributed by atoms with Crippen LogP contribution >= 0.6 is 0 Å². The molecule has 1 saturated heterocycles. The van der Waals surface area contributed by atoms with Gasteiger partial charge in [0.25, 0.3) is 0 Å². The van der Waals surface area contributed by atoms with E-state index < -0.39 is 26.3 Å². The molecule has 1 aliphatic heterocycles. The van der Waals surface area contributed by atoms with Crippen molar-refractivity contribution in [2.24, 2.45) is 0 Å². The summed E-state index contributed by atoms with van der Waals surface area (Å²) in [4.78, 5) is 0.789. The molecule has 1 atom stereocenters. The van der Waals surface area contributed by atoms with Crippen LogP contribution in [0.5, 0.6) is 5.75 Å². The van der Waals surface area contributed by atoms with Gasteiger partial charge in [0.15, 0.2) is 0 Å². The quantitative estimate of drug-likeness (QED) is 0.830. The largest absolute Gasteiger partial charge is 0.497 e. The van der Waals surface area contributed by atoms with Gasteiger partial charge in [0.2, 0.25) is 0 Å². The van der Waals surface area contributed by atoms with Crippen molar-refractivity contribution < 1.29 is 20.4 Å². The van der Waals surface area contributed by atoms with Crippen LogP contribution < -0.4 is 4.74 Å². The van der Waals surface area contributed by atoms with Gasteiger partial charge in [0, 0.05) is 16.6 Å². The van der Waals surface area contributed by atoms with Gasteiger partial charge in [-0.05, 0) is 37.5 Å². The zero-order valence-corrected chi connectivity index (χ0v) is 11.4. The number of ether oxygens (including phenoxy) is 2. The number of methoxy groups -OCH3 is 1. The van der Waals surface area contributed by atoms with E-state index in [0.717, 1.165) is 29.7 Å². The number of benzene rings is 1. The Labute approximate surface area is 133 Å². The second-order valence-corrected chi connectivity index (χ2v) is 5.65. The molecule has 110 valence electrons. The average Bonchev–Trinajstić information content (AvgIpc) is 2.53. The van der Waals surface area contributed by atoms with E-state index in [-0.39, 0.29) is 18.2 Å². The summed E-state index contributed by atoms with van der Waals surface area (Å²) in [6, 6.07) is 6.51. The predicted molar refractivity (Wildman–Crippen MR) is 80.1 cm³/mol. The molecule has 0 radical (unpaired) electrons. The van der Waals surface area contributed by atoms with Crippen LogP contribution in [0.3, 0.4) is 0 Å². The highest BCUT2D eigenvalue weighted by atomic mass is 16.5. The molecule has 1 aromatic rings. The molecule has 0 N–H and O–H groups in total. The van der Waals surface area contributed by atoms with Crippen molar-refractivity contribution in [1.82, 2.24) is 4.90 Å². The Bertz CT molecular complexity index is 680. The third-order valence-corrected chi connectivity index (χ3v) is 4.46. The van der Waals surface area contributed by atoms with Crippen molar-refractivity contribution in [3.05, 3.63) is 29.8 Å². The summed E-state index contributed by atoms with van der Waals surface area (Å²) in [6.45, 7) is -5.03. The lowest BCUT2D eigenvalue weighted by Crippen LogP contribution is -2.52. The fourth-order valence-electron chi connectivity index (χ4n) is 3.38. The molecule has 2 aliphatic rings. The van der Waals surface area contributed by atoms with Gasteiger partial charge in [0.1, 0.15) is 5.75 Å². The first-order chi connectivity index (χ1) is 12.8. The molecule has 1 spiro atoms. The minimum Gasteiger partial charge on any atom is -0.497 e. The van der Waals surface area contributed by atoms with E-state index in [4.69, 9.17) is 20.4 Å². The van der Waals surface area contributed by atoms with Crippen LogP contribution in [0.4, 0.5) is 0 Å². The van der Waals surface area contributed by atoms with Gasteiger partial charge in [-0.2, -0.15) is 0 Å². The lowest BCUT2D eigenvalue weighted by atomic mass is 9.71. The first kappa shape index (κ1) is 7.28. The van der Waals surface area contributed by atoms with Crippen molar-refractivity contribution in [3.63, 3.8) is 0 Å². The molecule has 1 aromatic carbocycles. The van der Waals surface area contributed by atoms with Crippen LogP contribution in [0.1, 0.15) is 54.6 Å². The molecule has 0 amide bonds. The van der Waals surface area contributed by atoms with Gasteiger partial charge in [-0.3, -0.25) is 4.90 Å². The molecule has 1 saturated carbocycles. The molecule has 3 heteroatoms. The molecule has 1 unspecified atom stereocenters. The van der Waals surface area contributed by atoms with E-state index in [0.29, 0.717) is 12.8 Å². The Kier molecular flexibility index (Phi) is 2.09. The van der Waals surface area contributed by atoms with Crippen LogP contribution in [0.2, 0.25) is 0 Å². The fourth-order valence-corrected chi connectivity index (χ4v) is 3.38. The van der Waals surface area contributed by atoms with Crippen LogP contribution in [0.15, 0.2) is 24.3 Å². The number of nitrogens with zero attached hydrogens (tertiary/aromatic N) is 1. The Morgan fingerprint density at radius 2 is 2.10 bits per heavy atom. The number of hydrogen-bond acceptors (Lipinski definition) is 3. The Morgan fingerprint density at radius 1 is 1.30 bits per heavy atom. The first-order valence-corrected chi connectivity index (χ1v) is 7.09. The van der Waals surface area contributed by atoms with Crippen LogP contribution in [-0.2, 0) is 4.74 Å². The Balaban J connectivity index is 1.95. The third kappa shape index (κ3) is 2.57. The van der Waals surface area contributed by atoms with Crippen LogP contribution in [0, 0.1) is 0 Å². The van der Waals surface area contributed by atoms with E-state index >= 15 is 0 Å². The van der Waals surface area contributed by atoms with Crippen molar-refractivity contribution in [2.45, 2.75) is 43.6 Å². The SMILES string of the molecule is [2H]C([2H])([2H])Oc1ccc(C2CN(C([2H])([2H])[2H])C([2H])([2H])OC23CCCCC3)cc1. The summed E-state index contributed by atoms with van der Waals surface area (Å²) >= 11 is 0. The third-order valence-electron chi connectivity index (χ3n) is 4.46. The average molecular weight is 283 g/mol. The Hall–Kier alpha value is -1.06.